The fraction of sp³-hybridized carbons (Fsp3) is 0.125. The maximum absolute atomic E-state index is 12.8. The Balaban J connectivity index is 1.43. The van der Waals surface area contributed by atoms with Crippen LogP contribution in [0.4, 0.5) is 11.4 Å². The second kappa shape index (κ2) is 8.51. The SMILES string of the molecule is Cc1cccc(C)c1NS(=O)(=O)c1ccc(NC(=O)CN2C(=O)c3ccccc3C2=O)cc1. The first-order valence-electron chi connectivity index (χ1n) is 10.1. The Kier molecular flexibility index (Phi) is 5.73. The fourth-order valence-corrected chi connectivity index (χ4v) is 4.82. The van der Waals surface area contributed by atoms with E-state index in [1.807, 2.05) is 32.0 Å². The lowest BCUT2D eigenvalue weighted by Crippen LogP contribution is -2.37. The van der Waals surface area contributed by atoms with Gasteiger partial charge in [-0.25, -0.2) is 8.42 Å². The van der Waals surface area contributed by atoms with Crippen molar-refractivity contribution in [2.45, 2.75) is 18.7 Å². The molecule has 3 aromatic rings. The average molecular weight is 464 g/mol. The van der Waals surface area contributed by atoms with Crippen LogP contribution in [0.2, 0.25) is 0 Å². The third-order valence-corrected chi connectivity index (χ3v) is 6.71. The quantitative estimate of drug-likeness (QED) is 0.545. The molecule has 8 nitrogen and oxygen atoms in total. The maximum atomic E-state index is 12.8. The zero-order valence-corrected chi connectivity index (χ0v) is 18.8. The summed E-state index contributed by atoms with van der Waals surface area (Å²) in [7, 11) is -3.83. The Morgan fingerprint density at radius 3 is 1.91 bits per heavy atom. The van der Waals surface area contributed by atoms with Crippen LogP contribution in [0.1, 0.15) is 31.8 Å². The van der Waals surface area contributed by atoms with Crippen molar-refractivity contribution in [1.82, 2.24) is 4.90 Å². The molecule has 1 heterocycles. The zero-order chi connectivity index (χ0) is 23.8. The van der Waals surface area contributed by atoms with Gasteiger partial charge in [0.15, 0.2) is 0 Å². The molecule has 2 N–H and O–H groups in total. The number of sulfonamides is 1. The Bertz CT molecular complexity index is 1330. The first kappa shape index (κ1) is 22.2. The monoisotopic (exact) mass is 463 g/mol. The molecule has 0 fully saturated rings. The number of hydrogen-bond acceptors (Lipinski definition) is 5. The second-order valence-electron chi connectivity index (χ2n) is 7.69. The summed E-state index contributed by atoms with van der Waals surface area (Å²) in [5.74, 6) is -1.62. The molecule has 0 aromatic heterocycles. The zero-order valence-electron chi connectivity index (χ0n) is 18.0. The third kappa shape index (κ3) is 4.35. The van der Waals surface area contributed by atoms with Gasteiger partial charge in [0.2, 0.25) is 5.91 Å². The topological polar surface area (TPSA) is 113 Å². The van der Waals surface area contributed by atoms with Gasteiger partial charge >= 0.3 is 0 Å². The first-order valence-corrected chi connectivity index (χ1v) is 11.6. The molecule has 0 atom stereocenters. The number of hydrogen-bond donors (Lipinski definition) is 2. The number of anilines is 2. The predicted octanol–water partition coefficient (Wildman–Crippen LogP) is 3.34. The second-order valence-corrected chi connectivity index (χ2v) is 9.37. The Labute approximate surface area is 191 Å². The van der Waals surface area contributed by atoms with E-state index in [2.05, 4.69) is 10.0 Å². The lowest BCUT2D eigenvalue weighted by molar-refractivity contribution is -0.116. The molecule has 1 aliphatic heterocycles. The standard InChI is InChI=1S/C24H21N3O5S/c1-15-6-5-7-16(2)22(15)26-33(31,32)18-12-10-17(11-13-18)25-21(28)14-27-23(29)19-8-3-4-9-20(19)24(27)30/h3-13,26H,14H2,1-2H3,(H,25,28). The molecule has 0 saturated carbocycles. The van der Waals surface area contributed by atoms with Crippen molar-refractivity contribution in [2.24, 2.45) is 0 Å². The molecule has 4 rings (SSSR count). The molecule has 33 heavy (non-hydrogen) atoms. The van der Waals surface area contributed by atoms with Gasteiger partial charge in [-0.05, 0) is 61.4 Å². The number of carbonyl (C=O) groups is 3. The Hall–Kier alpha value is -3.98. The van der Waals surface area contributed by atoms with Crippen LogP contribution in [0, 0.1) is 13.8 Å². The van der Waals surface area contributed by atoms with E-state index in [0.29, 0.717) is 11.4 Å². The number of carbonyl (C=O) groups excluding carboxylic acids is 3. The van der Waals surface area contributed by atoms with Crippen molar-refractivity contribution < 1.29 is 22.8 Å². The van der Waals surface area contributed by atoms with Crippen LogP contribution >= 0.6 is 0 Å². The van der Waals surface area contributed by atoms with E-state index in [1.54, 1.807) is 24.3 Å². The summed E-state index contributed by atoms with van der Waals surface area (Å²) in [6.45, 7) is 3.19. The van der Waals surface area contributed by atoms with Gasteiger partial charge in [0.1, 0.15) is 6.54 Å². The van der Waals surface area contributed by atoms with E-state index in [9.17, 15) is 22.8 Å². The van der Waals surface area contributed by atoms with Crippen molar-refractivity contribution in [2.75, 3.05) is 16.6 Å². The van der Waals surface area contributed by atoms with Crippen LogP contribution in [-0.4, -0.2) is 37.6 Å². The van der Waals surface area contributed by atoms with E-state index < -0.39 is 34.3 Å². The van der Waals surface area contributed by atoms with Crippen molar-refractivity contribution in [3.05, 3.63) is 89.0 Å². The Morgan fingerprint density at radius 1 is 0.818 bits per heavy atom. The van der Waals surface area contributed by atoms with Gasteiger partial charge in [-0.3, -0.25) is 24.0 Å². The smallest absolute Gasteiger partial charge is 0.262 e. The van der Waals surface area contributed by atoms with Gasteiger partial charge in [-0.2, -0.15) is 0 Å². The van der Waals surface area contributed by atoms with Crippen LogP contribution < -0.4 is 10.0 Å². The highest BCUT2D eigenvalue weighted by atomic mass is 32.2. The number of imide groups is 1. The van der Waals surface area contributed by atoms with Gasteiger partial charge < -0.3 is 5.32 Å². The molecule has 0 aliphatic carbocycles. The molecule has 9 heteroatoms. The maximum Gasteiger partial charge on any atom is 0.262 e. The highest BCUT2D eigenvalue weighted by Gasteiger charge is 2.36. The normalized spacial score (nSPS) is 13.1. The van der Waals surface area contributed by atoms with E-state index in [4.69, 9.17) is 0 Å². The molecule has 168 valence electrons. The van der Waals surface area contributed by atoms with Crippen molar-refractivity contribution in [3.63, 3.8) is 0 Å². The van der Waals surface area contributed by atoms with Crippen LogP contribution in [0.15, 0.2) is 71.6 Å². The molecule has 0 bridgehead atoms. The highest BCUT2D eigenvalue weighted by Crippen LogP contribution is 2.25. The minimum atomic E-state index is -3.83. The summed E-state index contributed by atoms with van der Waals surface area (Å²) in [6, 6.07) is 17.5. The van der Waals surface area contributed by atoms with E-state index in [-0.39, 0.29) is 16.0 Å². The summed E-state index contributed by atoms with van der Waals surface area (Å²) in [4.78, 5) is 38.1. The lowest BCUT2D eigenvalue weighted by atomic mass is 10.1. The number of benzene rings is 3. The van der Waals surface area contributed by atoms with Crippen LogP contribution in [0.3, 0.4) is 0 Å². The van der Waals surface area contributed by atoms with Crippen molar-refractivity contribution >= 4 is 39.1 Å². The largest absolute Gasteiger partial charge is 0.325 e. The van der Waals surface area contributed by atoms with E-state index >= 15 is 0 Å². The number of nitrogens with one attached hydrogen (secondary N) is 2. The van der Waals surface area contributed by atoms with Gasteiger partial charge in [-0.15, -0.1) is 0 Å². The molecular formula is C24H21N3O5S. The van der Waals surface area contributed by atoms with Crippen molar-refractivity contribution in [3.8, 4) is 0 Å². The number of rotatable bonds is 6. The van der Waals surface area contributed by atoms with Crippen LogP contribution in [0.5, 0.6) is 0 Å². The summed E-state index contributed by atoms with van der Waals surface area (Å²) in [5, 5.41) is 2.58. The number of fused-ring (bicyclic) bond motifs is 1. The summed E-state index contributed by atoms with van der Waals surface area (Å²) >= 11 is 0. The van der Waals surface area contributed by atoms with Gasteiger partial charge in [0.05, 0.1) is 21.7 Å². The first-order chi connectivity index (χ1) is 15.7. The predicted molar refractivity (Wildman–Crippen MR) is 124 cm³/mol. The molecular weight excluding hydrogens is 442 g/mol. The molecule has 3 aromatic carbocycles. The lowest BCUT2D eigenvalue weighted by Gasteiger charge is -2.15. The molecule has 3 amide bonds. The summed E-state index contributed by atoms with van der Waals surface area (Å²) < 4.78 is 28.1. The fourth-order valence-electron chi connectivity index (χ4n) is 3.61. The van der Waals surface area contributed by atoms with E-state index in [0.717, 1.165) is 16.0 Å². The number of nitrogens with zero attached hydrogens (tertiary/aromatic N) is 1. The van der Waals surface area contributed by atoms with Gasteiger partial charge in [-0.1, -0.05) is 30.3 Å². The third-order valence-electron chi connectivity index (χ3n) is 5.35. The minimum absolute atomic E-state index is 0.0310. The highest BCUT2D eigenvalue weighted by molar-refractivity contribution is 7.92. The summed E-state index contributed by atoms with van der Waals surface area (Å²) in [6.07, 6.45) is 0. The van der Waals surface area contributed by atoms with Crippen LogP contribution in [-0.2, 0) is 14.8 Å². The molecule has 0 unspecified atom stereocenters. The van der Waals surface area contributed by atoms with Gasteiger partial charge in [0, 0.05) is 5.69 Å². The molecule has 0 radical (unpaired) electrons. The Morgan fingerprint density at radius 2 is 1.36 bits per heavy atom. The molecule has 1 aliphatic rings. The van der Waals surface area contributed by atoms with Gasteiger partial charge in [0.25, 0.3) is 21.8 Å². The number of aryl methyl sites for hydroxylation is 2. The van der Waals surface area contributed by atoms with Crippen LogP contribution in [0.25, 0.3) is 0 Å². The number of para-hydroxylation sites is 1. The molecule has 0 saturated heterocycles. The summed E-state index contributed by atoms with van der Waals surface area (Å²) in [5.41, 5.74) is 2.99. The minimum Gasteiger partial charge on any atom is -0.325 e. The molecule has 0 spiro atoms. The van der Waals surface area contributed by atoms with Crippen molar-refractivity contribution in [1.29, 1.82) is 0 Å². The van der Waals surface area contributed by atoms with E-state index in [1.165, 1.54) is 24.3 Å². The average Bonchev–Trinajstić information content (AvgIpc) is 3.02. The number of amides is 3.